The molecule has 1 fully saturated rings. The van der Waals surface area contributed by atoms with Gasteiger partial charge < -0.3 is 4.74 Å². The number of hydrogen-bond acceptors (Lipinski definition) is 5. The second kappa shape index (κ2) is 7.46. The van der Waals surface area contributed by atoms with E-state index < -0.39 is 0 Å². The molecular weight excluding hydrogens is 368 g/mol. The summed E-state index contributed by atoms with van der Waals surface area (Å²) in [6.45, 7) is 1.23. The third kappa shape index (κ3) is 3.70. The normalized spacial score (nSPS) is 16.6. The molecule has 3 heterocycles. The number of ether oxygens (including phenoxy) is 1. The molecule has 1 aliphatic rings. The lowest BCUT2D eigenvalue weighted by Crippen LogP contribution is -2.36. The van der Waals surface area contributed by atoms with Gasteiger partial charge in [0.15, 0.2) is 0 Å². The fourth-order valence-electron chi connectivity index (χ4n) is 3.20. The van der Waals surface area contributed by atoms with Crippen molar-refractivity contribution >= 4 is 28.3 Å². The van der Waals surface area contributed by atoms with Gasteiger partial charge in [0.05, 0.1) is 5.39 Å². The van der Waals surface area contributed by atoms with Crippen molar-refractivity contribution < 1.29 is 9.53 Å². The standard InChI is InChI=1S/C19H17ClN4O3/c20-16-10-13(5-7-21-16)18-14-3-1-2-4-15(14)19(26)24(23-18)22-17(25)9-12-6-8-27-11-12/h1-5,7,10,12H,6,8-9,11H2,(H,22,25). The lowest BCUT2D eigenvalue weighted by atomic mass is 10.1. The molecule has 1 amide bonds. The topological polar surface area (TPSA) is 86.1 Å². The molecule has 1 unspecified atom stereocenters. The van der Waals surface area contributed by atoms with Crippen LogP contribution in [0.25, 0.3) is 22.0 Å². The number of pyridine rings is 1. The molecule has 0 spiro atoms. The van der Waals surface area contributed by atoms with E-state index >= 15 is 0 Å². The molecule has 1 N–H and O–H groups in total. The first kappa shape index (κ1) is 17.6. The molecule has 2 aromatic heterocycles. The van der Waals surface area contributed by atoms with Crippen LogP contribution in [0.2, 0.25) is 5.15 Å². The van der Waals surface area contributed by atoms with Crippen LogP contribution in [-0.2, 0) is 9.53 Å². The summed E-state index contributed by atoms with van der Waals surface area (Å²) in [5.74, 6) is -0.103. The van der Waals surface area contributed by atoms with Gasteiger partial charge in [-0.15, -0.1) is 9.89 Å². The van der Waals surface area contributed by atoms with Crippen LogP contribution in [-0.4, -0.2) is 34.0 Å². The van der Waals surface area contributed by atoms with Gasteiger partial charge in [-0.3, -0.25) is 9.59 Å². The highest BCUT2D eigenvalue weighted by atomic mass is 35.5. The van der Waals surface area contributed by atoms with E-state index in [1.807, 2.05) is 12.1 Å². The average molecular weight is 385 g/mol. The van der Waals surface area contributed by atoms with E-state index in [1.54, 1.807) is 30.5 Å². The first-order chi connectivity index (χ1) is 13.1. The molecular formula is C19H17ClN4O3. The summed E-state index contributed by atoms with van der Waals surface area (Å²) in [5, 5.41) is 5.84. The van der Waals surface area contributed by atoms with E-state index in [1.165, 1.54) is 0 Å². The fraction of sp³-hybridized carbons (Fsp3) is 0.263. The van der Waals surface area contributed by atoms with Crippen molar-refractivity contribution in [1.82, 2.24) is 14.9 Å². The molecule has 1 atom stereocenters. The third-order valence-electron chi connectivity index (χ3n) is 4.53. The van der Waals surface area contributed by atoms with Gasteiger partial charge in [-0.1, -0.05) is 29.8 Å². The van der Waals surface area contributed by atoms with Crippen LogP contribution in [0, 0.1) is 5.92 Å². The Kier molecular flexibility index (Phi) is 4.87. The van der Waals surface area contributed by atoms with Crippen LogP contribution >= 0.6 is 11.6 Å². The van der Waals surface area contributed by atoms with Crippen molar-refractivity contribution in [2.24, 2.45) is 5.92 Å². The highest BCUT2D eigenvalue weighted by Gasteiger charge is 2.20. The molecule has 1 aliphatic heterocycles. The highest BCUT2D eigenvalue weighted by Crippen LogP contribution is 2.25. The minimum atomic E-state index is -0.384. The Bertz CT molecular complexity index is 1060. The van der Waals surface area contributed by atoms with Gasteiger partial charge in [0.1, 0.15) is 10.8 Å². The summed E-state index contributed by atoms with van der Waals surface area (Å²) in [6.07, 6.45) is 2.70. The molecule has 0 aliphatic carbocycles. The molecule has 7 nitrogen and oxygen atoms in total. The van der Waals surface area contributed by atoms with Crippen molar-refractivity contribution in [3.63, 3.8) is 0 Å². The summed E-state index contributed by atoms with van der Waals surface area (Å²) in [5.41, 5.74) is 3.47. The number of nitrogens with one attached hydrogen (secondary N) is 1. The predicted molar refractivity (Wildman–Crippen MR) is 102 cm³/mol. The molecule has 3 aromatic rings. The quantitative estimate of drug-likeness (QED) is 0.699. The fourth-order valence-corrected chi connectivity index (χ4v) is 3.37. The number of aromatic nitrogens is 3. The van der Waals surface area contributed by atoms with Crippen molar-refractivity contribution in [1.29, 1.82) is 0 Å². The van der Waals surface area contributed by atoms with E-state index in [0.29, 0.717) is 40.4 Å². The molecule has 27 heavy (non-hydrogen) atoms. The first-order valence-electron chi connectivity index (χ1n) is 8.63. The SMILES string of the molecule is O=C(CC1CCOC1)Nn1nc(-c2ccnc(Cl)c2)c2ccccc2c1=O. The number of nitrogens with zero attached hydrogens (tertiary/aromatic N) is 3. The molecule has 8 heteroatoms. The van der Waals surface area contributed by atoms with Crippen LogP contribution in [0.15, 0.2) is 47.4 Å². The highest BCUT2D eigenvalue weighted by molar-refractivity contribution is 6.29. The molecule has 0 radical (unpaired) electrons. The number of benzene rings is 1. The Morgan fingerprint density at radius 1 is 1.30 bits per heavy atom. The minimum absolute atomic E-state index is 0.166. The van der Waals surface area contributed by atoms with Gasteiger partial charge in [0.2, 0.25) is 5.91 Å². The Morgan fingerprint density at radius 3 is 2.85 bits per heavy atom. The van der Waals surface area contributed by atoms with Crippen LogP contribution in [0.4, 0.5) is 0 Å². The Hall–Kier alpha value is -2.77. The molecule has 1 aromatic carbocycles. The molecule has 4 rings (SSSR count). The van der Waals surface area contributed by atoms with E-state index in [9.17, 15) is 9.59 Å². The van der Waals surface area contributed by atoms with Crippen molar-refractivity contribution in [3.05, 3.63) is 58.1 Å². The van der Waals surface area contributed by atoms with Gasteiger partial charge in [-0.2, -0.15) is 0 Å². The molecule has 0 saturated carbocycles. The summed E-state index contributed by atoms with van der Waals surface area (Å²) in [6, 6.07) is 10.6. The smallest absolute Gasteiger partial charge is 0.294 e. The lowest BCUT2D eigenvalue weighted by Gasteiger charge is -2.13. The minimum Gasteiger partial charge on any atom is -0.381 e. The number of rotatable bonds is 4. The van der Waals surface area contributed by atoms with Crippen molar-refractivity contribution in [2.45, 2.75) is 12.8 Å². The summed E-state index contributed by atoms with van der Waals surface area (Å²) >= 11 is 6.01. The van der Waals surface area contributed by atoms with Crippen LogP contribution in [0.5, 0.6) is 0 Å². The summed E-state index contributed by atoms with van der Waals surface area (Å²) < 4.78 is 5.30. The number of hydrogen-bond donors (Lipinski definition) is 1. The van der Waals surface area contributed by atoms with E-state index in [4.69, 9.17) is 16.3 Å². The van der Waals surface area contributed by atoms with Crippen LogP contribution < -0.4 is 11.0 Å². The zero-order valence-corrected chi connectivity index (χ0v) is 15.1. The van der Waals surface area contributed by atoms with E-state index in [-0.39, 0.29) is 23.8 Å². The van der Waals surface area contributed by atoms with Gasteiger partial charge in [0.25, 0.3) is 5.56 Å². The number of carbonyl (C=O) groups excluding carboxylic acids is 1. The van der Waals surface area contributed by atoms with Gasteiger partial charge in [0, 0.05) is 36.8 Å². The van der Waals surface area contributed by atoms with Gasteiger partial charge in [-0.05, 0) is 30.5 Å². The second-order valence-electron chi connectivity index (χ2n) is 6.45. The van der Waals surface area contributed by atoms with Crippen molar-refractivity contribution in [2.75, 3.05) is 18.6 Å². The third-order valence-corrected chi connectivity index (χ3v) is 4.74. The largest absolute Gasteiger partial charge is 0.381 e. The maximum atomic E-state index is 12.8. The summed E-state index contributed by atoms with van der Waals surface area (Å²) in [7, 11) is 0. The van der Waals surface area contributed by atoms with Gasteiger partial charge >= 0.3 is 0 Å². The number of amides is 1. The predicted octanol–water partition coefficient (Wildman–Crippen LogP) is 2.61. The van der Waals surface area contributed by atoms with E-state index in [2.05, 4.69) is 15.5 Å². The Balaban J connectivity index is 1.75. The Morgan fingerprint density at radius 2 is 2.11 bits per heavy atom. The monoisotopic (exact) mass is 384 g/mol. The molecule has 1 saturated heterocycles. The zero-order chi connectivity index (χ0) is 18.8. The molecule has 138 valence electrons. The maximum Gasteiger partial charge on any atom is 0.294 e. The number of carbonyl (C=O) groups is 1. The molecule has 0 bridgehead atoms. The Labute approximate surface area is 159 Å². The lowest BCUT2D eigenvalue weighted by molar-refractivity contribution is -0.118. The van der Waals surface area contributed by atoms with Gasteiger partial charge in [-0.25, -0.2) is 10.4 Å². The van der Waals surface area contributed by atoms with Crippen LogP contribution in [0.3, 0.4) is 0 Å². The maximum absolute atomic E-state index is 12.8. The van der Waals surface area contributed by atoms with Crippen molar-refractivity contribution in [3.8, 4) is 11.3 Å². The average Bonchev–Trinajstić information content (AvgIpc) is 3.17. The van der Waals surface area contributed by atoms with Crippen LogP contribution in [0.1, 0.15) is 12.8 Å². The zero-order valence-electron chi connectivity index (χ0n) is 14.4. The summed E-state index contributed by atoms with van der Waals surface area (Å²) in [4.78, 5) is 30.1. The second-order valence-corrected chi connectivity index (χ2v) is 6.83. The number of halogens is 1. The van der Waals surface area contributed by atoms with E-state index in [0.717, 1.165) is 11.2 Å². The first-order valence-corrected chi connectivity index (χ1v) is 9.01. The number of fused-ring (bicyclic) bond motifs is 1.